The van der Waals surface area contributed by atoms with Gasteiger partial charge in [0.05, 0.1) is 4.32 Å². The van der Waals surface area contributed by atoms with Gasteiger partial charge in [0.1, 0.15) is 0 Å². The number of nitrogens with two attached hydrogens (primary N) is 1. The molecule has 0 aromatic rings. The second-order valence-electron chi connectivity index (χ2n) is 3.18. The Morgan fingerprint density at radius 2 is 1.50 bits per heavy atom. The Morgan fingerprint density at radius 1 is 1.10 bits per heavy atom. The Hall–Kier alpha value is -0.0800. The minimum atomic E-state index is -0.257. The van der Waals surface area contributed by atoms with E-state index in [0.29, 0.717) is 0 Å². The van der Waals surface area contributed by atoms with Crippen LogP contribution in [0.25, 0.3) is 0 Å². The molecule has 0 heterocycles. The molecule has 0 aliphatic heterocycles. The highest BCUT2D eigenvalue weighted by atomic mass is 79.9. The predicted molar refractivity (Wildman–Crippen MR) is 48.2 cm³/mol. The van der Waals surface area contributed by atoms with Crippen molar-refractivity contribution in [2.75, 3.05) is 0 Å². The molecule has 0 bridgehead atoms. The summed E-state index contributed by atoms with van der Waals surface area (Å²) in [4.78, 5) is 0. The first-order valence-electron chi connectivity index (χ1n) is 3.30. The van der Waals surface area contributed by atoms with Crippen LogP contribution in [0.3, 0.4) is 0 Å². The van der Waals surface area contributed by atoms with Gasteiger partial charge in [-0.15, -0.1) is 0 Å². The zero-order valence-corrected chi connectivity index (χ0v) is 7.85. The van der Waals surface area contributed by atoms with E-state index in [0.717, 1.165) is 0 Å². The molecule has 56 valence electrons. The van der Waals surface area contributed by atoms with Gasteiger partial charge in [0.25, 0.3) is 0 Å². The number of hydrogen-bond acceptors (Lipinski definition) is 1. The highest BCUT2D eigenvalue weighted by molar-refractivity contribution is 9.10. The van der Waals surface area contributed by atoms with Crippen LogP contribution in [-0.2, 0) is 0 Å². The van der Waals surface area contributed by atoms with E-state index in [9.17, 15) is 0 Å². The van der Waals surface area contributed by atoms with E-state index in [1.165, 1.54) is 0 Å². The van der Waals surface area contributed by atoms with Crippen molar-refractivity contribution in [1.29, 1.82) is 0 Å². The van der Waals surface area contributed by atoms with Gasteiger partial charge in [-0.25, -0.2) is 0 Å². The third-order valence-corrected chi connectivity index (χ3v) is 2.07. The summed E-state index contributed by atoms with van der Waals surface area (Å²) >= 11 is 3.51. The molecular weight excluding hydrogens is 190 g/mol. The Balaban J connectivity index is 2.81. The summed E-state index contributed by atoms with van der Waals surface area (Å²) in [6, 6.07) is 0. The Bertz CT molecular complexity index is 151. The lowest BCUT2D eigenvalue weighted by molar-refractivity contribution is 0.708. The summed E-state index contributed by atoms with van der Waals surface area (Å²) in [7, 11) is 0. The minimum Gasteiger partial charge on any atom is -0.319 e. The van der Waals surface area contributed by atoms with Gasteiger partial charge >= 0.3 is 0 Å². The molecular formula is C8H12BrN. The molecule has 0 amide bonds. The van der Waals surface area contributed by atoms with Crippen molar-refractivity contribution in [2.24, 2.45) is 5.73 Å². The van der Waals surface area contributed by atoms with Crippen LogP contribution in [0.15, 0.2) is 24.3 Å². The summed E-state index contributed by atoms with van der Waals surface area (Å²) in [5.41, 5.74) is 5.55. The van der Waals surface area contributed by atoms with Crippen LogP contribution in [0.5, 0.6) is 0 Å². The SMILES string of the molecule is CC1(N)C=CC(C)(Br)C=C1. The number of rotatable bonds is 0. The lowest BCUT2D eigenvalue weighted by Gasteiger charge is -2.25. The van der Waals surface area contributed by atoms with Gasteiger partial charge in [0.2, 0.25) is 0 Å². The maximum absolute atomic E-state index is 5.80. The molecule has 0 saturated heterocycles. The number of halogens is 1. The molecule has 10 heavy (non-hydrogen) atoms. The van der Waals surface area contributed by atoms with Crippen LogP contribution >= 0.6 is 15.9 Å². The van der Waals surface area contributed by atoms with E-state index >= 15 is 0 Å². The Labute approximate surface area is 70.1 Å². The van der Waals surface area contributed by atoms with Gasteiger partial charge in [0, 0.05) is 5.54 Å². The molecule has 0 aromatic carbocycles. The first-order chi connectivity index (χ1) is 4.41. The normalized spacial score (nSPS) is 46.0. The molecule has 0 unspecified atom stereocenters. The van der Waals surface area contributed by atoms with E-state index in [2.05, 4.69) is 35.0 Å². The predicted octanol–water partition coefficient (Wildman–Crippen LogP) is 1.98. The van der Waals surface area contributed by atoms with Crippen LogP contribution in [0.1, 0.15) is 13.8 Å². The van der Waals surface area contributed by atoms with E-state index in [4.69, 9.17) is 5.73 Å². The fourth-order valence-electron chi connectivity index (χ4n) is 0.796. The molecule has 0 radical (unpaired) electrons. The van der Waals surface area contributed by atoms with Gasteiger partial charge < -0.3 is 5.73 Å². The molecule has 0 atom stereocenters. The van der Waals surface area contributed by atoms with Gasteiger partial charge in [0.15, 0.2) is 0 Å². The molecule has 1 rings (SSSR count). The molecule has 0 spiro atoms. The second-order valence-corrected chi connectivity index (χ2v) is 4.89. The van der Waals surface area contributed by atoms with Crippen LogP contribution in [0.2, 0.25) is 0 Å². The summed E-state index contributed by atoms with van der Waals surface area (Å²) in [6.45, 7) is 4.05. The third-order valence-electron chi connectivity index (χ3n) is 1.54. The zero-order valence-electron chi connectivity index (χ0n) is 6.26. The largest absolute Gasteiger partial charge is 0.319 e. The van der Waals surface area contributed by atoms with Crippen LogP contribution in [0.4, 0.5) is 0 Å². The minimum absolute atomic E-state index is 0.00583. The van der Waals surface area contributed by atoms with Crippen molar-refractivity contribution in [2.45, 2.75) is 23.7 Å². The molecule has 1 aliphatic carbocycles. The number of allylic oxidation sites excluding steroid dienone is 2. The molecule has 0 aromatic heterocycles. The maximum atomic E-state index is 5.80. The van der Waals surface area contributed by atoms with Gasteiger partial charge in [-0.2, -0.15) is 0 Å². The van der Waals surface area contributed by atoms with Gasteiger partial charge in [-0.05, 0) is 13.8 Å². The highest BCUT2D eigenvalue weighted by Gasteiger charge is 2.21. The van der Waals surface area contributed by atoms with Crippen molar-refractivity contribution >= 4 is 15.9 Å². The van der Waals surface area contributed by atoms with Crippen LogP contribution in [0, 0.1) is 0 Å². The molecule has 1 aliphatic rings. The molecule has 0 saturated carbocycles. The number of hydrogen-bond donors (Lipinski definition) is 1. The van der Waals surface area contributed by atoms with Crippen molar-refractivity contribution in [3.8, 4) is 0 Å². The monoisotopic (exact) mass is 201 g/mol. The quantitative estimate of drug-likeness (QED) is 0.471. The smallest absolute Gasteiger partial charge is 0.0589 e. The number of alkyl halides is 1. The zero-order chi connectivity index (χ0) is 7.83. The van der Waals surface area contributed by atoms with Crippen molar-refractivity contribution in [3.05, 3.63) is 24.3 Å². The summed E-state index contributed by atoms with van der Waals surface area (Å²) in [5, 5.41) is 0. The van der Waals surface area contributed by atoms with E-state index in [1.54, 1.807) is 0 Å². The van der Waals surface area contributed by atoms with Crippen LogP contribution < -0.4 is 5.73 Å². The second kappa shape index (κ2) is 2.21. The van der Waals surface area contributed by atoms with Crippen LogP contribution in [-0.4, -0.2) is 9.86 Å². The Morgan fingerprint density at radius 3 is 1.80 bits per heavy atom. The van der Waals surface area contributed by atoms with Crippen molar-refractivity contribution in [1.82, 2.24) is 0 Å². The first kappa shape index (κ1) is 8.02. The highest BCUT2D eigenvalue weighted by Crippen LogP contribution is 2.26. The van der Waals surface area contributed by atoms with Gasteiger partial charge in [-0.1, -0.05) is 40.2 Å². The third kappa shape index (κ3) is 1.96. The average Bonchev–Trinajstić information content (AvgIpc) is 1.79. The van der Waals surface area contributed by atoms with Crippen molar-refractivity contribution < 1.29 is 0 Å². The van der Waals surface area contributed by atoms with E-state index in [1.807, 2.05) is 19.1 Å². The molecule has 2 N–H and O–H groups in total. The lowest BCUT2D eigenvalue weighted by atomic mass is 9.93. The first-order valence-corrected chi connectivity index (χ1v) is 4.09. The maximum Gasteiger partial charge on any atom is 0.0589 e. The summed E-state index contributed by atoms with van der Waals surface area (Å²) in [5.74, 6) is 0. The van der Waals surface area contributed by atoms with E-state index in [-0.39, 0.29) is 9.86 Å². The van der Waals surface area contributed by atoms with Crippen molar-refractivity contribution in [3.63, 3.8) is 0 Å². The molecule has 1 nitrogen and oxygen atoms in total. The molecule has 0 fully saturated rings. The average molecular weight is 202 g/mol. The fraction of sp³-hybridized carbons (Fsp3) is 0.500. The van der Waals surface area contributed by atoms with Gasteiger partial charge in [-0.3, -0.25) is 0 Å². The lowest BCUT2D eigenvalue weighted by Crippen LogP contribution is -2.34. The van der Waals surface area contributed by atoms with E-state index < -0.39 is 0 Å². The Kier molecular flexibility index (Phi) is 1.77. The molecule has 2 heteroatoms. The summed E-state index contributed by atoms with van der Waals surface area (Å²) < 4.78 is 0.00583. The standard InChI is InChI=1S/C8H12BrN/c1-7(9)3-5-8(2,10)6-4-7/h3-6H,10H2,1-2H3. The summed E-state index contributed by atoms with van der Waals surface area (Å²) in [6.07, 6.45) is 8.13. The fourth-order valence-corrected chi connectivity index (χ4v) is 1.06. The topological polar surface area (TPSA) is 26.0 Å².